The van der Waals surface area contributed by atoms with Crippen molar-refractivity contribution in [2.45, 2.75) is 0 Å². The van der Waals surface area contributed by atoms with Crippen molar-refractivity contribution in [2.75, 3.05) is 0 Å². The Balaban J connectivity index is 1.82. The first-order valence-corrected chi connectivity index (χ1v) is 6.70. The van der Waals surface area contributed by atoms with Crippen LogP contribution >= 0.6 is 0 Å². The lowest BCUT2D eigenvalue weighted by Crippen LogP contribution is -1.92. The molecule has 0 spiro atoms. The second kappa shape index (κ2) is 4.56. The Bertz CT molecular complexity index is 896. The van der Waals surface area contributed by atoms with E-state index in [0.29, 0.717) is 11.3 Å². The summed E-state index contributed by atoms with van der Waals surface area (Å²) in [5.74, 6) is 0.246. The SMILES string of the molecule is O=C1OC(=Cc2ccc3ccccc3n2)c2ccccc21. The van der Waals surface area contributed by atoms with Crippen LogP contribution in [-0.2, 0) is 4.74 Å². The molecule has 21 heavy (non-hydrogen) atoms. The van der Waals surface area contributed by atoms with Gasteiger partial charge in [-0.05, 0) is 18.2 Å². The standard InChI is InChI=1S/C18H11NO2/c20-18-15-7-3-2-6-14(15)17(21-18)11-13-10-9-12-5-1-4-8-16(12)19-13/h1-11H. The molecular formula is C18H11NO2. The summed E-state index contributed by atoms with van der Waals surface area (Å²) in [6, 6.07) is 19.2. The molecule has 0 bridgehead atoms. The average Bonchev–Trinajstić information content (AvgIpc) is 2.84. The fourth-order valence-electron chi connectivity index (χ4n) is 2.49. The summed E-state index contributed by atoms with van der Waals surface area (Å²) in [6.07, 6.45) is 1.80. The van der Waals surface area contributed by atoms with Crippen LogP contribution < -0.4 is 0 Å². The van der Waals surface area contributed by atoms with Crippen LogP contribution in [0.4, 0.5) is 0 Å². The van der Waals surface area contributed by atoms with E-state index in [1.165, 1.54) is 0 Å². The van der Waals surface area contributed by atoms with E-state index in [4.69, 9.17) is 4.74 Å². The van der Waals surface area contributed by atoms with Gasteiger partial charge in [0, 0.05) is 17.0 Å². The summed E-state index contributed by atoms with van der Waals surface area (Å²) in [7, 11) is 0. The van der Waals surface area contributed by atoms with E-state index in [2.05, 4.69) is 4.98 Å². The first kappa shape index (κ1) is 11.9. The predicted molar refractivity (Wildman–Crippen MR) is 81.5 cm³/mol. The number of hydrogen-bond donors (Lipinski definition) is 0. The molecule has 0 saturated carbocycles. The van der Waals surface area contributed by atoms with Crippen molar-refractivity contribution < 1.29 is 9.53 Å². The van der Waals surface area contributed by atoms with Crippen molar-refractivity contribution in [1.82, 2.24) is 4.98 Å². The number of carbonyl (C=O) groups excluding carboxylic acids is 1. The zero-order chi connectivity index (χ0) is 14.2. The van der Waals surface area contributed by atoms with Gasteiger partial charge in [-0.25, -0.2) is 9.78 Å². The van der Waals surface area contributed by atoms with Crippen LogP contribution in [0.15, 0.2) is 60.7 Å². The van der Waals surface area contributed by atoms with Gasteiger partial charge < -0.3 is 4.74 Å². The first-order chi connectivity index (χ1) is 10.3. The fourth-order valence-corrected chi connectivity index (χ4v) is 2.49. The van der Waals surface area contributed by atoms with Gasteiger partial charge in [-0.2, -0.15) is 0 Å². The molecular weight excluding hydrogens is 262 g/mol. The summed E-state index contributed by atoms with van der Waals surface area (Å²) in [5, 5.41) is 1.09. The van der Waals surface area contributed by atoms with E-state index in [1.807, 2.05) is 54.6 Å². The Morgan fingerprint density at radius 2 is 1.62 bits per heavy atom. The van der Waals surface area contributed by atoms with Gasteiger partial charge in [0.2, 0.25) is 0 Å². The molecule has 1 aliphatic heterocycles. The van der Waals surface area contributed by atoms with E-state index in [0.717, 1.165) is 22.2 Å². The number of hydrogen-bond acceptors (Lipinski definition) is 3. The van der Waals surface area contributed by atoms with Gasteiger partial charge in [-0.1, -0.05) is 42.5 Å². The molecule has 1 aromatic heterocycles. The minimum atomic E-state index is -0.308. The molecule has 0 saturated heterocycles. The van der Waals surface area contributed by atoms with Crippen molar-refractivity contribution in [1.29, 1.82) is 0 Å². The number of carbonyl (C=O) groups is 1. The van der Waals surface area contributed by atoms with Gasteiger partial charge in [-0.3, -0.25) is 0 Å². The quantitative estimate of drug-likeness (QED) is 0.631. The van der Waals surface area contributed by atoms with Crippen LogP contribution in [0.1, 0.15) is 21.6 Å². The average molecular weight is 273 g/mol. The highest BCUT2D eigenvalue weighted by Crippen LogP contribution is 2.30. The zero-order valence-corrected chi connectivity index (χ0v) is 11.1. The third kappa shape index (κ3) is 1.99. The van der Waals surface area contributed by atoms with Crippen LogP contribution in [0, 0.1) is 0 Å². The Labute approximate surface area is 121 Å². The molecule has 0 atom stereocenters. The van der Waals surface area contributed by atoms with Crippen LogP contribution in [0.5, 0.6) is 0 Å². The lowest BCUT2D eigenvalue weighted by Gasteiger charge is -2.01. The second-order valence-electron chi connectivity index (χ2n) is 4.87. The summed E-state index contributed by atoms with van der Waals surface area (Å²) < 4.78 is 5.33. The number of fused-ring (bicyclic) bond motifs is 2. The predicted octanol–water partition coefficient (Wildman–Crippen LogP) is 3.90. The highest BCUT2D eigenvalue weighted by Gasteiger charge is 2.25. The van der Waals surface area contributed by atoms with Gasteiger partial charge in [-0.15, -0.1) is 0 Å². The molecule has 3 aromatic rings. The normalized spacial score (nSPS) is 15.2. The third-order valence-electron chi connectivity index (χ3n) is 3.51. The number of ether oxygens (including phenoxy) is 1. The third-order valence-corrected chi connectivity index (χ3v) is 3.51. The molecule has 0 N–H and O–H groups in total. The van der Waals surface area contributed by atoms with Crippen LogP contribution in [0.2, 0.25) is 0 Å². The van der Waals surface area contributed by atoms with E-state index >= 15 is 0 Å². The highest BCUT2D eigenvalue weighted by atomic mass is 16.5. The molecule has 4 rings (SSSR count). The van der Waals surface area contributed by atoms with Gasteiger partial charge >= 0.3 is 5.97 Å². The van der Waals surface area contributed by atoms with Crippen molar-refractivity contribution in [3.63, 3.8) is 0 Å². The zero-order valence-electron chi connectivity index (χ0n) is 11.1. The molecule has 3 nitrogen and oxygen atoms in total. The minimum Gasteiger partial charge on any atom is -0.422 e. The number of pyridine rings is 1. The van der Waals surface area contributed by atoms with E-state index < -0.39 is 0 Å². The van der Waals surface area contributed by atoms with E-state index in [9.17, 15) is 4.79 Å². The molecule has 0 aliphatic carbocycles. The van der Waals surface area contributed by atoms with Crippen LogP contribution in [0.25, 0.3) is 22.7 Å². The molecule has 0 unspecified atom stereocenters. The molecule has 100 valence electrons. The molecule has 0 fully saturated rings. The summed E-state index contributed by atoms with van der Waals surface area (Å²) >= 11 is 0. The van der Waals surface area contributed by atoms with Crippen molar-refractivity contribution >= 4 is 28.7 Å². The van der Waals surface area contributed by atoms with Crippen LogP contribution in [0.3, 0.4) is 0 Å². The lowest BCUT2D eigenvalue weighted by molar-refractivity contribution is 0.0717. The Hall–Kier alpha value is -2.94. The van der Waals surface area contributed by atoms with Crippen molar-refractivity contribution in [3.8, 4) is 0 Å². The molecule has 3 heteroatoms. The number of benzene rings is 2. The summed E-state index contributed by atoms with van der Waals surface area (Å²) in [4.78, 5) is 16.4. The Kier molecular flexibility index (Phi) is 2.57. The lowest BCUT2D eigenvalue weighted by atomic mass is 10.1. The van der Waals surface area contributed by atoms with E-state index in [-0.39, 0.29) is 5.97 Å². The van der Waals surface area contributed by atoms with Crippen molar-refractivity contribution in [3.05, 3.63) is 77.5 Å². The summed E-state index contributed by atoms with van der Waals surface area (Å²) in [5.41, 5.74) is 3.11. The largest absolute Gasteiger partial charge is 0.422 e. The van der Waals surface area contributed by atoms with Gasteiger partial charge in [0.15, 0.2) is 0 Å². The summed E-state index contributed by atoms with van der Waals surface area (Å²) in [6.45, 7) is 0. The van der Waals surface area contributed by atoms with Gasteiger partial charge in [0.25, 0.3) is 0 Å². The maximum absolute atomic E-state index is 11.8. The minimum absolute atomic E-state index is 0.308. The maximum atomic E-state index is 11.8. The maximum Gasteiger partial charge on any atom is 0.344 e. The smallest absolute Gasteiger partial charge is 0.344 e. The number of esters is 1. The number of cyclic esters (lactones) is 1. The Morgan fingerprint density at radius 1 is 0.857 bits per heavy atom. The monoisotopic (exact) mass is 273 g/mol. The Morgan fingerprint density at radius 3 is 2.52 bits per heavy atom. The van der Waals surface area contributed by atoms with E-state index in [1.54, 1.807) is 12.1 Å². The van der Waals surface area contributed by atoms with Gasteiger partial charge in [0.05, 0.1) is 16.8 Å². The second-order valence-corrected chi connectivity index (χ2v) is 4.87. The molecule has 2 heterocycles. The van der Waals surface area contributed by atoms with Gasteiger partial charge in [0.1, 0.15) is 5.76 Å². The first-order valence-electron chi connectivity index (χ1n) is 6.70. The number of nitrogens with zero attached hydrogens (tertiary/aromatic N) is 1. The number of para-hydroxylation sites is 1. The molecule has 2 aromatic carbocycles. The molecule has 1 aliphatic rings. The molecule has 0 radical (unpaired) electrons. The number of aromatic nitrogens is 1. The highest BCUT2D eigenvalue weighted by molar-refractivity contribution is 6.05. The van der Waals surface area contributed by atoms with Crippen LogP contribution in [-0.4, -0.2) is 11.0 Å². The topological polar surface area (TPSA) is 39.2 Å². The number of rotatable bonds is 1. The fraction of sp³-hybridized carbons (Fsp3) is 0. The molecule has 0 amide bonds. The van der Waals surface area contributed by atoms with Crippen molar-refractivity contribution in [2.24, 2.45) is 0 Å².